The van der Waals surface area contributed by atoms with E-state index < -0.39 is 10.0 Å². The Morgan fingerprint density at radius 2 is 1.75 bits per heavy atom. The van der Waals surface area contributed by atoms with E-state index in [1.54, 1.807) is 6.07 Å². The first kappa shape index (κ1) is 15.1. The summed E-state index contributed by atoms with van der Waals surface area (Å²) >= 11 is 1.35. The van der Waals surface area contributed by atoms with Crippen LogP contribution in [0, 0.1) is 0 Å². The van der Waals surface area contributed by atoms with Crippen LogP contribution in [-0.2, 0) is 16.4 Å². The molecule has 0 radical (unpaired) electrons. The molecule has 0 N–H and O–H groups in total. The fourth-order valence-corrected chi connectivity index (χ4v) is 5.12. The minimum atomic E-state index is -3.49. The maximum absolute atomic E-state index is 12.8. The molecule has 0 aliphatic rings. The lowest BCUT2D eigenvalue weighted by atomic mass is 10.3. The number of anilines is 1. The summed E-state index contributed by atoms with van der Waals surface area (Å²) in [5.41, 5.74) is 0.703. The smallest absolute Gasteiger partial charge is 0.263 e. The molecule has 0 bridgehead atoms. The molecular weight excluding hydrogens is 290 g/mol. The maximum atomic E-state index is 12.8. The van der Waals surface area contributed by atoms with Crippen molar-refractivity contribution in [2.75, 3.05) is 4.31 Å². The van der Waals surface area contributed by atoms with Crippen LogP contribution in [0.5, 0.6) is 0 Å². The van der Waals surface area contributed by atoms with Gasteiger partial charge in [-0.25, -0.2) is 8.42 Å². The van der Waals surface area contributed by atoms with Crippen molar-refractivity contribution in [1.82, 2.24) is 0 Å². The summed E-state index contributed by atoms with van der Waals surface area (Å²) in [6, 6.07) is 12.7. The lowest BCUT2D eigenvalue weighted by molar-refractivity contribution is 0.586. The molecule has 0 aliphatic carbocycles. The SMILES string of the molecule is CCc1ccc(S(=O)(=O)N(c2ccccc2)C(C)C)s1. The molecule has 1 aromatic carbocycles. The van der Waals surface area contributed by atoms with Crippen molar-refractivity contribution in [3.05, 3.63) is 47.3 Å². The van der Waals surface area contributed by atoms with E-state index in [0.717, 1.165) is 11.3 Å². The Morgan fingerprint density at radius 3 is 2.25 bits per heavy atom. The van der Waals surface area contributed by atoms with Crippen LogP contribution in [0.15, 0.2) is 46.7 Å². The molecule has 1 heterocycles. The number of aryl methyl sites for hydroxylation is 1. The average molecular weight is 309 g/mol. The number of nitrogens with zero attached hydrogens (tertiary/aromatic N) is 1. The molecule has 0 fully saturated rings. The van der Waals surface area contributed by atoms with Gasteiger partial charge in [-0.05, 0) is 44.5 Å². The molecule has 20 heavy (non-hydrogen) atoms. The zero-order chi connectivity index (χ0) is 14.8. The molecule has 0 aliphatic heterocycles. The summed E-state index contributed by atoms with van der Waals surface area (Å²) in [6.45, 7) is 5.80. The molecule has 1 aromatic heterocycles. The molecule has 0 unspecified atom stereocenters. The lowest BCUT2D eigenvalue weighted by Gasteiger charge is -2.27. The highest BCUT2D eigenvalue weighted by Crippen LogP contribution is 2.30. The van der Waals surface area contributed by atoms with Gasteiger partial charge in [-0.3, -0.25) is 4.31 Å². The Labute approximate surface area is 124 Å². The van der Waals surface area contributed by atoms with Gasteiger partial charge in [-0.2, -0.15) is 0 Å². The molecule has 0 saturated carbocycles. The highest BCUT2D eigenvalue weighted by atomic mass is 32.2. The Hall–Kier alpha value is -1.33. The van der Waals surface area contributed by atoms with Gasteiger partial charge in [-0.1, -0.05) is 25.1 Å². The second kappa shape index (κ2) is 5.97. The van der Waals surface area contributed by atoms with Gasteiger partial charge in [0.05, 0.1) is 5.69 Å². The second-order valence-electron chi connectivity index (χ2n) is 4.80. The maximum Gasteiger partial charge on any atom is 0.274 e. The lowest BCUT2D eigenvalue weighted by Crippen LogP contribution is -2.36. The summed E-state index contributed by atoms with van der Waals surface area (Å²) in [5, 5.41) is 0. The first-order valence-corrected chi connectivity index (χ1v) is 8.90. The summed E-state index contributed by atoms with van der Waals surface area (Å²) in [6.07, 6.45) is 0.854. The minimum Gasteiger partial charge on any atom is -0.263 e. The predicted octanol–water partition coefficient (Wildman–Crippen LogP) is 3.91. The largest absolute Gasteiger partial charge is 0.274 e. The Kier molecular flexibility index (Phi) is 4.50. The monoisotopic (exact) mass is 309 g/mol. The number of sulfonamides is 1. The van der Waals surface area contributed by atoms with Gasteiger partial charge in [0.25, 0.3) is 10.0 Å². The fraction of sp³-hybridized carbons (Fsp3) is 0.333. The van der Waals surface area contributed by atoms with Crippen molar-refractivity contribution in [2.24, 2.45) is 0 Å². The third-order valence-corrected chi connectivity index (χ3v) is 6.68. The Morgan fingerprint density at radius 1 is 1.10 bits per heavy atom. The summed E-state index contributed by atoms with van der Waals surface area (Å²) in [7, 11) is -3.49. The van der Waals surface area contributed by atoms with E-state index in [0.29, 0.717) is 9.90 Å². The van der Waals surface area contributed by atoms with Crippen molar-refractivity contribution in [3.8, 4) is 0 Å². The normalized spacial score (nSPS) is 11.8. The van der Waals surface area contributed by atoms with E-state index >= 15 is 0 Å². The van der Waals surface area contributed by atoms with Crippen molar-refractivity contribution in [1.29, 1.82) is 0 Å². The van der Waals surface area contributed by atoms with E-state index in [4.69, 9.17) is 0 Å². The quantitative estimate of drug-likeness (QED) is 0.839. The van der Waals surface area contributed by atoms with Crippen LogP contribution in [-0.4, -0.2) is 14.5 Å². The number of hydrogen-bond donors (Lipinski definition) is 0. The van der Waals surface area contributed by atoms with E-state index in [1.807, 2.05) is 57.2 Å². The zero-order valence-corrected chi connectivity index (χ0v) is 13.5. The zero-order valence-electron chi connectivity index (χ0n) is 11.9. The molecule has 5 heteroatoms. The third-order valence-electron chi connectivity index (χ3n) is 2.98. The first-order valence-electron chi connectivity index (χ1n) is 6.65. The molecule has 2 aromatic rings. The van der Waals surface area contributed by atoms with Crippen molar-refractivity contribution in [2.45, 2.75) is 37.4 Å². The van der Waals surface area contributed by atoms with Crippen LogP contribution in [0.2, 0.25) is 0 Å². The van der Waals surface area contributed by atoms with E-state index in [2.05, 4.69) is 0 Å². The second-order valence-corrected chi connectivity index (χ2v) is 8.01. The number of thiophene rings is 1. The number of para-hydroxylation sites is 1. The highest BCUT2D eigenvalue weighted by molar-refractivity contribution is 7.94. The van der Waals surface area contributed by atoms with E-state index in [9.17, 15) is 8.42 Å². The van der Waals surface area contributed by atoms with Crippen LogP contribution in [0.25, 0.3) is 0 Å². The first-order chi connectivity index (χ1) is 9.46. The Bertz CT molecular complexity index is 660. The molecule has 108 valence electrons. The molecule has 0 atom stereocenters. The van der Waals surface area contributed by atoms with Gasteiger partial charge in [0.2, 0.25) is 0 Å². The van der Waals surface area contributed by atoms with Gasteiger partial charge < -0.3 is 0 Å². The molecule has 0 saturated heterocycles. The topological polar surface area (TPSA) is 37.4 Å². The van der Waals surface area contributed by atoms with Gasteiger partial charge in [-0.15, -0.1) is 11.3 Å². The van der Waals surface area contributed by atoms with Crippen molar-refractivity contribution < 1.29 is 8.42 Å². The molecule has 0 amide bonds. The van der Waals surface area contributed by atoms with Crippen molar-refractivity contribution >= 4 is 27.0 Å². The standard InChI is InChI=1S/C15H19NO2S2/c1-4-14-10-11-15(19-14)20(17,18)16(12(2)3)13-8-6-5-7-9-13/h5-12H,4H2,1-3H3. The summed E-state index contributed by atoms with van der Waals surface area (Å²) < 4.78 is 27.6. The Balaban J connectivity index is 2.48. The van der Waals surface area contributed by atoms with Crippen LogP contribution < -0.4 is 4.31 Å². The predicted molar refractivity (Wildman–Crippen MR) is 84.9 cm³/mol. The van der Waals surface area contributed by atoms with Gasteiger partial charge in [0.15, 0.2) is 0 Å². The third kappa shape index (κ3) is 2.88. The molecular formula is C15H19NO2S2. The van der Waals surface area contributed by atoms with Crippen molar-refractivity contribution in [3.63, 3.8) is 0 Å². The molecule has 2 rings (SSSR count). The minimum absolute atomic E-state index is 0.130. The number of benzene rings is 1. The average Bonchev–Trinajstić information content (AvgIpc) is 2.88. The highest BCUT2D eigenvalue weighted by Gasteiger charge is 2.28. The number of rotatable bonds is 5. The van der Waals surface area contributed by atoms with E-state index in [1.165, 1.54) is 15.6 Å². The fourth-order valence-electron chi connectivity index (χ4n) is 2.07. The summed E-state index contributed by atoms with van der Waals surface area (Å²) in [4.78, 5) is 1.08. The van der Waals surface area contributed by atoms with Crippen LogP contribution in [0.4, 0.5) is 5.69 Å². The van der Waals surface area contributed by atoms with Crippen LogP contribution in [0.3, 0.4) is 0 Å². The van der Waals surface area contributed by atoms with Crippen LogP contribution in [0.1, 0.15) is 25.6 Å². The van der Waals surface area contributed by atoms with Gasteiger partial charge >= 0.3 is 0 Å². The van der Waals surface area contributed by atoms with E-state index in [-0.39, 0.29) is 6.04 Å². The van der Waals surface area contributed by atoms with Gasteiger partial charge in [0, 0.05) is 10.9 Å². The summed E-state index contributed by atoms with van der Waals surface area (Å²) in [5.74, 6) is 0. The molecule has 3 nitrogen and oxygen atoms in total. The van der Waals surface area contributed by atoms with Gasteiger partial charge in [0.1, 0.15) is 4.21 Å². The number of hydrogen-bond acceptors (Lipinski definition) is 3. The molecule has 0 spiro atoms. The van der Waals surface area contributed by atoms with Crippen LogP contribution >= 0.6 is 11.3 Å².